The Kier molecular flexibility index (Phi) is 5.69. The van der Waals surface area contributed by atoms with Gasteiger partial charge < -0.3 is 20.9 Å². The number of carbonyl (C=O) groups is 1. The van der Waals surface area contributed by atoms with E-state index >= 15 is 0 Å². The number of hydrogen-bond acceptors (Lipinski definition) is 5. The van der Waals surface area contributed by atoms with Crippen LogP contribution in [-0.2, 0) is 0 Å². The Bertz CT molecular complexity index is 1080. The second-order valence-electron chi connectivity index (χ2n) is 8.42. The molecule has 0 aromatic heterocycles. The van der Waals surface area contributed by atoms with E-state index in [9.17, 15) is 4.79 Å². The standard InChI is InChI=1S/C26H29N5O/c27-21-9-6-10-22(19-21)30-16-13-29(14-17-30)15-18-31-24-12-5-4-11-23(24)26(32)28-25(31)20-7-2-1-3-8-20/h1-12,19,25H,13-18,27H2,(H,28,32). The van der Waals surface area contributed by atoms with E-state index in [1.54, 1.807) is 0 Å². The first-order valence-electron chi connectivity index (χ1n) is 11.2. The van der Waals surface area contributed by atoms with Crippen LogP contribution in [-0.4, -0.2) is 50.1 Å². The highest BCUT2D eigenvalue weighted by atomic mass is 16.2. The first kappa shape index (κ1) is 20.4. The molecule has 3 aromatic carbocycles. The fourth-order valence-electron chi connectivity index (χ4n) is 4.68. The Morgan fingerprint density at radius 2 is 1.59 bits per heavy atom. The Morgan fingerprint density at radius 3 is 2.38 bits per heavy atom. The number of carbonyl (C=O) groups excluding carboxylic acids is 1. The van der Waals surface area contributed by atoms with Crippen LogP contribution in [0.25, 0.3) is 0 Å². The van der Waals surface area contributed by atoms with Crippen molar-refractivity contribution in [2.45, 2.75) is 6.17 Å². The highest BCUT2D eigenvalue weighted by molar-refractivity contribution is 6.02. The monoisotopic (exact) mass is 427 g/mol. The number of nitrogen functional groups attached to an aromatic ring is 1. The van der Waals surface area contributed by atoms with Crippen molar-refractivity contribution in [3.05, 3.63) is 90.0 Å². The number of amides is 1. The van der Waals surface area contributed by atoms with Crippen LogP contribution in [0, 0.1) is 0 Å². The number of fused-ring (bicyclic) bond motifs is 1. The van der Waals surface area contributed by atoms with E-state index in [0.717, 1.165) is 61.8 Å². The summed E-state index contributed by atoms with van der Waals surface area (Å²) >= 11 is 0. The maximum atomic E-state index is 12.8. The van der Waals surface area contributed by atoms with Crippen molar-refractivity contribution in [2.24, 2.45) is 0 Å². The van der Waals surface area contributed by atoms with Gasteiger partial charge in [-0.2, -0.15) is 0 Å². The van der Waals surface area contributed by atoms with Crippen molar-refractivity contribution in [2.75, 3.05) is 54.8 Å². The largest absolute Gasteiger partial charge is 0.399 e. The molecule has 0 radical (unpaired) electrons. The fraction of sp³-hybridized carbons (Fsp3) is 0.269. The van der Waals surface area contributed by atoms with Gasteiger partial charge in [0.2, 0.25) is 0 Å². The quantitative estimate of drug-likeness (QED) is 0.612. The van der Waals surface area contributed by atoms with Gasteiger partial charge in [-0.3, -0.25) is 9.69 Å². The second kappa shape index (κ2) is 8.93. The summed E-state index contributed by atoms with van der Waals surface area (Å²) in [7, 11) is 0. The van der Waals surface area contributed by atoms with E-state index in [1.165, 1.54) is 5.69 Å². The summed E-state index contributed by atoms with van der Waals surface area (Å²) < 4.78 is 0. The summed E-state index contributed by atoms with van der Waals surface area (Å²) in [5.74, 6) is -0.0125. The molecule has 1 atom stereocenters. The summed E-state index contributed by atoms with van der Waals surface area (Å²) in [5.41, 5.74) is 10.8. The third kappa shape index (κ3) is 4.14. The van der Waals surface area contributed by atoms with Gasteiger partial charge in [-0.15, -0.1) is 0 Å². The van der Waals surface area contributed by atoms with E-state index in [0.29, 0.717) is 0 Å². The first-order valence-corrected chi connectivity index (χ1v) is 11.2. The number of nitrogens with zero attached hydrogens (tertiary/aromatic N) is 3. The molecule has 6 heteroatoms. The molecule has 6 nitrogen and oxygen atoms in total. The number of para-hydroxylation sites is 1. The van der Waals surface area contributed by atoms with Crippen molar-refractivity contribution in [3.8, 4) is 0 Å². The van der Waals surface area contributed by atoms with Gasteiger partial charge in [0.1, 0.15) is 6.17 Å². The lowest BCUT2D eigenvalue weighted by molar-refractivity contribution is 0.0925. The van der Waals surface area contributed by atoms with Gasteiger partial charge >= 0.3 is 0 Å². The number of benzene rings is 3. The maximum Gasteiger partial charge on any atom is 0.255 e. The summed E-state index contributed by atoms with van der Waals surface area (Å²) in [5, 5.41) is 3.21. The van der Waals surface area contributed by atoms with Crippen LogP contribution in [0.1, 0.15) is 22.1 Å². The van der Waals surface area contributed by atoms with Gasteiger partial charge in [0.25, 0.3) is 5.91 Å². The minimum Gasteiger partial charge on any atom is -0.399 e. The molecule has 32 heavy (non-hydrogen) atoms. The van der Waals surface area contributed by atoms with E-state index in [1.807, 2.05) is 54.6 Å². The molecule has 2 heterocycles. The lowest BCUT2D eigenvalue weighted by Crippen LogP contribution is -2.52. The fourth-order valence-corrected chi connectivity index (χ4v) is 4.68. The molecular formula is C26H29N5O. The molecule has 2 aliphatic rings. The van der Waals surface area contributed by atoms with Gasteiger partial charge in [-0.1, -0.05) is 48.5 Å². The molecule has 0 spiro atoms. The summed E-state index contributed by atoms with van der Waals surface area (Å²) in [6, 6.07) is 26.2. The topological polar surface area (TPSA) is 64.8 Å². The first-order chi connectivity index (χ1) is 15.7. The minimum absolute atomic E-state index is 0.0125. The average Bonchev–Trinajstić information content (AvgIpc) is 2.84. The third-order valence-electron chi connectivity index (χ3n) is 6.42. The highest BCUT2D eigenvalue weighted by Crippen LogP contribution is 2.32. The zero-order valence-corrected chi connectivity index (χ0v) is 18.2. The molecular weight excluding hydrogens is 398 g/mol. The van der Waals surface area contributed by atoms with Gasteiger partial charge in [0.15, 0.2) is 0 Å². The Labute approximate surface area is 189 Å². The summed E-state index contributed by atoms with van der Waals surface area (Å²) in [6.07, 6.45) is -0.160. The number of hydrogen-bond donors (Lipinski definition) is 2. The molecule has 3 aromatic rings. The zero-order chi connectivity index (χ0) is 21.9. The molecule has 164 valence electrons. The van der Waals surface area contributed by atoms with Crippen molar-refractivity contribution in [1.29, 1.82) is 0 Å². The SMILES string of the molecule is Nc1cccc(N2CCN(CCN3c4ccccc4C(=O)NC3c3ccccc3)CC2)c1. The normalized spacial score (nSPS) is 18.9. The lowest BCUT2D eigenvalue weighted by atomic mass is 10.0. The summed E-state index contributed by atoms with van der Waals surface area (Å²) in [6.45, 7) is 5.77. The zero-order valence-electron chi connectivity index (χ0n) is 18.2. The predicted octanol–water partition coefficient (Wildman–Crippen LogP) is 3.34. The third-order valence-corrected chi connectivity index (χ3v) is 6.42. The molecule has 2 aliphatic heterocycles. The average molecular weight is 428 g/mol. The van der Waals surface area contributed by atoms with Gasteiger partial charge in [0, 0.05) is 50.6 Å². The number of nitrogens with one attached hydrogen (secondary N) is 1. The molecule has 1 amide bonds. The van der Waals surface area contributed by atoms with Crippen molar-refractivity contribution < 1.29 is 4.79 Å². The Balaban J connectivity index is 1.29. The second-order valence-corrected chi connectivity index (χ2v) is 8.42. The van der Waals surface area contributed by atoms with Crippen LogP contribution in [0.3, 0.4) is 0 Å². The van der Waals surface area contributed by atoms with Crippen molar-refractivity contribution in [1.82, 2.24) is 10.2 Å². The van der Waals surface area contributed by atoms with Crippen molar-refractivity contribution >= 4 is 23.0 Å². The number of piperazine rings is 1. The molecule has 3 N–H and O–H groups in total. The van der Waals surface area contributed by atoms with Crippen LogP contribution < -0.4 is 20.9 Å². The molecule has 1 fully saturated rings. The van der Waals surface area contributed by atoms with Gasteiger partial charge in [-0.25, -0.2) is 0 Å². The Hall–Kier alpha value is -3.51. The lowest BCUT2D eigenvalue weighted by Gasteiger charge is -2.41. The molecule has 1 unspecified atom stereocenters. The van der Waals surface area contributed by atoms with Gasteiger partial charge in [0.05, 0.1) is 11.3 Å². The molecule has 0 saturated carbocycles. The van der Waals surface area contributed by atoms with Crippen LogP contribution in [0.15, 0.2) is 78.9 Å². The highest BCUT2D eigenvalue weighted by Gasteiger charge is 2.31. The molecule has 0 aliphatic carbocycles. The smallest absolute Gasteiger partial charge is 0.255 e. The number of nitrogens with two attached hydrogens (primary N) is 1. The maximum absolute atomic E-state index is 12.8. The molecule has 0 bridgehead atoms. The Morgan fingerprint density at radius 1 is 0.844 bits per heavy atom. The predicted molar refractivity (Wildman–Crippen MR) is 130 cm³/mol. The van der Waals surface area contributed by atoms with Crippen LogP contribution in [0.4, 0.5) is 17.1 Å². The molecule has 5 rings (SSSR count). The molecule has 1 saturated heterocycles. The van der Waals surface area contributed by atoms with E-state index in [-0.39, 0.29) is 12.1 Å². The van der Waals surface area contributed by atoms with Gasteiger partial charge in [-0.05, 0) is 35.9 Å². The van der Waals surface area contributed by atoms with E-state index < -0.39 is 0 Å². The van der Waals surface area contributed by atoms with E-state index in [4.69, 9.17) is 5.73 Å². The van der Waals surface area contributed by atoms with E-state index in [2.05, 4.69) is 44.3 Å². The number of rotatable bonds is 5. The van der Waals surface area contributed by atoms with Crippen LogP contribution >= 0.6 is 0 Å². The van der Waals surface area contributed by atoms with Crippen molar-refractivity contribution in [3.63, 3.8) is 0 Å². The minimum atomic E-state index is -0.160. The van der Waals surface area contributed by atoms with Crippen LogP contribution in [0.2, 0.25) is 0 Å². The van der Waals surface area contributed by atoms with Crippen LogP contribution in [0.5, 0.6) is 0 Å². The summed E-state index contributed by atoms with van der Waals surface area (Å²) in [4.78, 5) is 20.0. The number of anilines is 3.